The van der Waals surface area contributed by atoms with Gasteiger partial charge in [-0.2, -0.15) is 0 Å². The van der Waals surface area contributed by atoms with Gasteiger partial charge in [0.2, 0.25) is 0 Å². The van der Waals surface area contributed by atoms with Crippen LogP contribution in [-0.2, 0) is 16.3 Å². The molecule has 0 spiro atoms. The minimum Gasteiger partial charge on any atom is -0.391 e. The van der Waals surface area contributed by atoms with Gasteiger partial charge in [0.05, 0.1) is 39.4 Å². The van der Waals surface area contributed by atoms with Gasteiger partial charge in [0.25, 0.3) is 5.56 Å². The lowest BCUT2D eigenvalue weighted by atomic mass is 10.1. The number of aryl methyl sites for hydroxylation is 1. The van der Waals surface area contributed by atoms with E-state index in [1.165, 1.54) is 4.57 Å². The van der Waals surface area contributed by atoms with Crippen molar-refractivity contribution in [2.24, 2.45) is 0 Å². The van der Waals surface area contributed by atoms with Gasteiger partial charge in [0.1, 0.15) is 0 Å². The monoisotopic (exact) mass is 416 g/mol. The molecule has 28 heavy (non-hydrogen) atoms. The minimum absolute atomic E-state index is 0.129. The van der Waals surface area contributed by atoms with Crippen molar-refractivity contribution in [2.45, 2.75) is 29.9 Å². The van der Waals surface area contributed by atoms with Crippen LogP contribution in [0.5, 0.6) is 0 Å². The molecule has 1 saturated heterocycles. The van der Waals surface area contributed by atoms with E-state index in [-0.39, 0.29) is 17.1 Å². The Morgan fingerprint density at radius 1 is 1.14 bits per heavy atom. The third kappa shape index (κ3) is 3.59. The smallest absolute Gasteiger partial charge is 0.266 e. The molecule has 0 saturated carbocycles. The lowest BCUT2D eigenvalue weighted by Crippen LogP contribution is -2.25. The maximum atomic E-state index is 13.2. The molecule has 146 valence electrons. The van der Waals surface area contributed by atoms with Gasteiger partial charge in [-0.25, -0.2) is 13.4 Å². The maximum Gasteiger partial charge on any atom is 0.266 e. The van der Waals surface area contributed by atoms with E-state index in [0.717, 1.165) is 23.7 Å². The summed E-state index contributed by atoms with van der Waals surface area (Å²) < 4.78 is 25.3. The van der Waals surface area contributed by atoms with E-state index in [0.29, 0.717) is 21.7 Å². The highest BCUT2D eigenvalue weighted by Crippen LogP contribution is 2.31. The van der Waals surface area contributed by atoms with Gasteiger partial charge in [-0.05, 0) is 36.2 Å². The fourth-order valence-electron chi connectivity index (χ4n) is 3.34. The number of para-hydroxylation sites is 1. The summed E-state index contributed by atoms with van der Waals surface area (Å²) in [5.74, 6) is -0.385. The van der Waals surface area contributed by atoms with E-state index in [1.54, 1.807) is 24.3 Å². The molecule has 0 bridgehead atoms. The summed E-state index contributed by atoms with van der Waals surface area (Å²) >= 11 is 1.14. The van der Waals surface area contributed by atoms with Crippen molar-refractivity contribution in [1.82, 2.24) is 9.55 Å². The third-order valence-electron chi connectivity index (χ3n) is 4.88. The SMILES string of the molecule is CCc1ccc(-n2c(S[C@@H]3CS(=O)(=O)C[C@@H]3O)nc3ccccc3c2=O)cc1. The zero-order chi connectivity index (χ0) is 19.9. The van der Waals surface area contributed by atoms with Crippen LogP contribution in [0.1, 0.15) is 12.5 Å². The topological polar surface area (TPSA) is 89.3 Å². The summed E-state index contributed by atoms with van der Waals surface area (Å²) in [6.07, 6.45) is -0.0897. The van der Waals surface area contributed by atoms with Crippen molar-refractivity contribution in [3.63, 3.8) is 0 Å². The number of hydrogen-bond acceptors (Lipinski definition) is 6. The predicted octanol–water partition coefficient (Wildman–Crippen LogP) is 2.20. The van der Waals surface area contributed by atoms with Crippen LogP contribution in [0, 0.1) is 0 Å². The fraction of sp³-hybridized carbons (Fsp3) is 0.300. The first-order valence-corrected chi connectivity index (χ1v) is 11.7. The van der Waals surface area contributed by atoms with Crippen LogP contribution in [0.15, 0.2) is 58.5 Å². The molecule has 2 atom stereocenters. The normalized spacial score (nSPS) is 21.2. The standard InChI is InChI=1S/C20H20N2O4S2/c1-2-13-7-9-14(10-8-13)22-19(24)15-5-3-4-6-16(15)21-20(22)27-18-12-28(25,26)11-17(18)23/h3-10,17-18,23H,2,11-12H2,1H3/t17-,18+/m0/s1. The molecule has 1 aliphatic heterocycles. The Kier molecular flexibility index (Phi) is 5.03. The second kappa shape index (κ2) is 7.35. The Morgan fingerprint density at radius 2 is 1.86 bits per heavy atom. The van der Waals surface area contributed by atoms with Crippen LogP contribution in [-0.4, -0.2) is 45.9 Å². The second-order valence-electron chi connectivity index (χ2n) is 6.87. The van der Waals surface area contributed by atoms with Crippen molar-refractivity contribution < 1.29 is 13.5 Å². The highest BCUT2D eigenvalue weighted by Gasteiger charge is 2.38. The first-order chi connectivity index (χ1) is 13.4. The molecule has 0 radical (unpaired) electrons. The summed E-state index contributed by atoms with van der Waals surface area (Å²) in [6, 6.07) is 14.7. The Morgan fingerprint density at radius 3 is 2.50 bits per heavy atom. The highest BCUT2D eigenvalue weighted by atomic mass is 32.2. The van der Waals surface area contributed by atoms with Gasteiger partial charge in [0.15, 0.2) is 15.0 Å². The van der Waals surface area contributed by atoms with Gasteiger partial charge < -0.3 is 5.11 Å². The zero-order valence-electron chi connectivity index (χ0n) is 15.3. The number of hydrogen-bond donors (Lipinski definition) is 1. The molecular weight excluding hydrogens is 396 g/mol. The number of aromatic nitrogens is 2. The third-order valence-corrected chi connectivity index (χ3v) is 8.07. The van der Waals surface area contributed by atoms with Crippen LogP contribution >= 0.6 is 11.8 Å². The molecule has 1 fully saturated rings. The quantitative estimate of drug-likeness (QED) is 0.656. The molecule has 2 heterocycles. The lowest BCUT2D eigenvalue weighted by molar-refractivity contribution is 0.207. The average Bonchev–Trinajstić information content (AvgIpc) is 2.93. The van der Waals surface area contributed by atoms with Crippen LogP contribution in [0.2, 0.25) is 0 Å². The molecule has 1 aliphatic rings. The summed E-state index contributed by atoms with van der Waals surface area (Å²) in [4.78, 5) is 17.8. The van der Waals surface area contributed by atoms with Crippen molar-refractivity contribution in [3.05, 3.63) is 64.4 Å². The Balaban J connectivity index is 1.87. The minimum atomic E-state index is -3.29. The molecule has 8 heteroatoms. The van der Waals surface area contributed by atoms with Crippen molar-refractivity contribution in [3.8, 4) is 5.69 Å². The van der Waals surface area contributed by atoms with Crippen molar-refractivity contribution >= 4 is 32.5 Å². The van der Waals surface area contributed by atoms with Gasteiger partial charge in [-0.15, -0.1) is 0 Å². The molecule has 4 rings (SSSR count). The molecule has 0 unspecified atom stereocenters. The summed E-state index contributed by atoms with van der Waals surface area (Å²) in [5, 5.41) is 10.5. The molecule has 0 amide bonds. The Bertz CT molecular complexity index is 1190. The second-order valence-corrected chi connectivity index (χ2v) is 10.2. The first-order valence-electron chi connectivity index (χ1n) is 9.04. The molecule has 6 nitrogen and oxygen atoms in total. The van der Waals surface area contributed by atoms with Crippen LogP contribution < -0.4 is 5.56 Å². The molecular formula is C20H20N2O4S2. The molecule has 0 aliphatic carbocycles. The average molecular weight is 417 g/mol. The maximum absolute atomic E-state index is 13.2. The number of aliphatic hydroxyl groups excluding tert-OH is 1. The van der Waals surface area contributed by atoms with Crippen molar-refractivity contribution in [2.75, 3.05) is 11.5 Å². The number of thioether (sulfide) groups is 1. The number of benzene rings is 2. The number of rotatable bonds is 4. The fourth-order valence-corrected chi connectivity index (χ4v) is 6.94. The van der Waals surface area contributed by atoms with E-state index in [1.807, 2.05) is 24.3 Å². The first kappa shape index (κ1) is 19.2. The van der Waals surface area contributed by atoms with Gasteiger partial charge in [-0.1, -0.05) is 43.0 Å². The van der Waals surface area contributed by atoms with E-state index in [9.17, 15) is 18.3 Å². The number of sulfone groups is 1. The Hall–Kier alpha value is -2.16. The van der Waals surface area contributed by atoms with Gasteiger partial charge >= 0.3 is 0 Å². The number of nitrogens with zero attached hydrogens (tertiary/aromatic N) is 2. The van der Waals surface area contributed by atoms with Crippen LogP contribution in [0.25, 0.3) is 16.6 Å². The molecule has 1 N–H and O–H groups in total. The van der Waals surface area contributed by atoms with E-state index in [4.69, 9.17) is 0 Å². The van der Waals surface area contributed by atoms with Gasteiger partial charge in [0, 0.05) is 0 Å². The largest absolute Gasteiger partial charge is 0.391 e. The highest BCUT2D eigenvalue weighted by molar-refractivity contribution is 8.01. The molecule has 1 aromatic heterocycles. The predicted molar refractivity (Wildman–Crippen MR) is 111 cm³/mol. The van der Waals surface area contributed by atoms with Crippen LogP contribution in [0.4, 0.5) is 0 Å². The van der Waals surface area contributed by atoms with Crippen molar-refractivity contribution in [1.29, 1.82) is 0 Å². The zero-order valence-corrected chi connectivity index (χ0v) is 16.9. The molecule has 3 aromatic rings. The van der Waals surface area contributed by atoms with E-state index < -0.39 is 21.2 Å². The molecule has 2 aromatic carbocycles. The number of fused-ring (bicyclic) bond motifs is 1. The van der Waals surface area contributed by atoms with Gasteiger partial charge in [-0.3, -0.25) is 9.36 Å². The Labute approximate surface area is 167 Å². The van der Waals surface area contributed by atoms with Crippen LogP contribution in [0.3, 0.4) is 0 Å². The number of aliphatic hydroxyl groups is 1. The lowest BCUT2D eigenvalue weighted by Gasteiger charge is -2.17. The summed E-state index contributed by atoms with van der Waals surface area (Å²) in [6.45, 7) is 2.06. The van der Waals surface area contributed by atoms with E-state index >= 15 is 0 Å². The summed E-state index contributed by atoms with van der Waals surface area (Å²) in [5.41, 5.74) is 2.15. The van der Waals surface area contributed by atoms with E-state index in [2.05, 4.69) is 11.9 Å². The summed E-state index contributed by atoms with van der Waals surface area (Å²) in [7, 11) is -3.29.